The number of hydrogen-bond acceptors (Lipinski definition) is 3. The highest BCUT2D eigenvalue weighted by Gasteiger charge is 2.65. The molecule has 1 heterocycles. The monoisotopic (exact) mass is 291 g/mol. The Morgan fingerprint density at radius 3 is 2.40 bits per heavy atom. The fraction of sp³-hybridized carbons (Fsp3) is 0.750. The summed E-state index contributed by atoms with van der Waals surface area (Å²) in [7, 11) is 0. The van der Waals surface area contributed by atoms with E-state index in [-0.39, 0.29) is 0 Å². The number of rotatable bonds is 3. The van der Waals surface area contributed by atoms with Crippen LogP contribution in [0.2, 0.25) is 5.15 Å². The molecule has 0 radical (unpaired) electrons. The molecule has 3 aliphatic carbocycles. The number of nitrogens with zero attached hydrogens (tertiary/aromatic N) is 2. The van der Waals surface area contributed by atoms with Gasteiger partial charge < -0.3 is 5.32 Å². The van der Waals surface area contributed by atoms with E-state index in [1.807, 2.05) is 6.92 Å². The average Bonchev–Trinajstić information content (AvgIpc) is 2.81. The molecule has 4 heteroatoms. The molecule has 0 aromatic carbocycles. The molecule has 0 spiro atoms. The first-order chi connectivity index (χ1) is 9.56. The summed E-state index contributed by atoms with van der Waals surface area (Å²) >= 11 is 6.27. The van der Waals surface area contributed by atoms with Crippen molar-refractivity contribution in [2.45, 2.75) is 52.0 Å². The smallest absolute Gasteiger partial charge is 0.137 e. The fourth-order valence-corrected chi connectivity index (χ4v) is 4.76. The minimum Gasteiger partial charge on any atom is -0.366 e. The van der Waals surface area contributed by atoms with Crippen LogP contribution in [-0.4, -0.2) is 16.0 Å². The Bertz CT molecular complexity index is 541. The molecule has 0 amide bonds. The molecule has 3 nitrogen and oxygen atoms in total. The van der Waals surface area contributed by atoms with Crippen LogP contribution in [0, 0.1) is 30.6 Å². The Balaban J connectivity index is 1.58. The molecule has 4 rings (SSSR count). The van der Waals surface area contributed by atoms with Crippen LogP contribution in [0.4, 0.5) is 5.82 Å². The summed E-state index contributed by atoms with van der Waals surface area (Å²) < 4.78 is 0. The Hall–Kier alpha value is -0.830. The first-order valence-corrected chi connectivity index (χ1v) is 8.24. The molecule has 3 aliphatic rings. The molecule has 20 heavy (non-hydrogen) atoms. The van der Waals surface area contributed by atoms with Crippen LogP contribution in [-0.2, 0) is 0 Å². The van der Waals surface area contributed by atoms with Crippen LogP contribution >= 0.6 is 11.6 Å². The van der Waals surface area contributed by atoms with Gasteiger partial charge in [0.05, 0.1) is 0 Å². The van der Waals surface area contributed by atoms with E-state index in [1.165, 1.54) is 19.3 Å². The standard InChI is InChI=1S/C16H22ClN3/c1-7(2)15-19-14(17)8(3)16(20-15)18-13-11-9-4-5-10(6-9)12(11)13/h7,9-13H,4-6H2,1-3H3,(H,18,19,20). The maximum atomic E-state index is 6.27. The number of fused-ring (bicyclic) bond motifs is 5. The van der Waals surface area contributed by atoms with Crippen LogP contribution in [0.3, 0.4) is 0 Å². The second kappa shape index (κ2) is 4.33. The summed E-state index contributed by atoms with van der Waals surface area (Å²) in [5.74, 6) is 5.89. The zero-order valence-corrected chi connectivity index (χ0v) is 13.1. The molecule has 0 aliphatic heterocycles. The topological polar surface area (TPSA) is 37.8 Å². The minimum atomic E-state index is 0.309. The van der Waals surface area contributed by atoms with E-state index in [2.05, 4.69) is 24.1 Å². The van der Waals surface area contributed by atoms with Crippen LogP contribution in [0.1, 0.15) is 50.4 Å². The lowest BCUT2D eigenvalue weighted by Gasteiger charge is -2.15. The molecule has 3 fully saturated rings. The Morgan fingerprint density at radius 1 is 1.15 bits per heavy atom. The lowest BCUT2D eigenvalue weighted by Crippen LogP contribution is -2.16. The zero-order valence-electron chi connectivity index (χ0n) is 12.4. The van der Waals surface area contributed by atoms with Gasteiger partial charge in [-0.15, -0.1) is 0 Å². The predicted molar refractivity (Wildman–Crippen MR) is 81.1 cm³/mol. The number of nitrogens with one attached hydrogen (secondary N) is 1. The second-order valence-electron chi connectivity index (χ2n) is 7.16. The summed E-state index contributed by atoms with van der Waals surface area (Å²) in [6.45, 7) is 6.23. The van der Waals surface area contributed by atoms with E-state index in [0.717, 1.165) is 40.9 Å². The van der Waals surface area contributed by atoms with Crippen LogP contribution in [0.5, 0.6) is 0 Å². The van der Waals surface area contributed by atoms with Crippen molar-refractivity contribution < 1.29 is 0 Å². The molecule has 2 bridgehead atoms. The molecule has 0 saturated heterocycles. The van der Waals surface area contributed by atoms with E-state index in [4.69, 9.17) is 16.6 Å². The van der Waals surface area contributed by atoms with Gasteiger partial charge >= 0.3 is 0 Å². The Kier molecular flexibility index (Phi) is 2.79. The van der Waals surface area contributed by atoms with Crippen LogP contribution in [0.15, 0.2) is 0 Å². The van der Waals surface area contributed by atoms with Crippen molar-refractivity contribution in [2.24, 2.45) is 23.7 Å². The van der Waals surface area contributed by atoms with E-state index in [1.54, 1.807) is 0 Å². The summed E-state index contributed by atoms with van der Waals surface area (Å²) in [5.41, 5.74) is 0.994. The molecule has 108 valence electrons. The maximum Gasteiger partial charge on any atom is 0.137 e. The summed E-state index contributed by atoms with van der Waals surface area (Å²) in [4.78, 5) is 9.09. The Labute approximate surface area is 125 Å². The third kappa shape index (κ3) is 1.78. The maximum absolute atomic E-state index is 6.27. The third-order valence-electron chi connectivity index (χ3n) is 5.66. The van der Waals surface area contributed by atoms with Gasteiger partial charge in [-0.2, -0.15) is 0 Å². The number of aromatic nitrogens is 2. The van der Waals surface area contributed by atoms with E-state index in [0.29, 0.717) is 17.1 Å². The quantitative estimate of drug-likeness (QED) is 0.855. The lowest BCUT2D eigenvalue weighted by atomic mass is 10.0. The van der Waals surface area contributed by atoms with Gasteiger partial charge in [-0.05, 0) is 49.9 Å². The van der Waals surface area contributed by atoms with Gasteiger partial charge in [-0.25, -0.2) is 9.97 Å². The Morgan fingerprint density at radius 2 is 1.80 bits per heavy atom. The highest BCUT2D eigenvalue weighted by atomic mass is 35.5. The van der Waals surface area contributed by atoms with E-state index >= 15 is 0 Å². The van der Waals surface area contributed by atoms with Crippen molar-refractivity contribution >= 4 is 17.4 Å². The van der Waals surface area contributed by atoms with Crippen molar-refractivity contribution in [3.8, 4) is 0 Å². The van der Waals surface area contributed by atoms with Gasteiger partial charge in [0.2, 0.25) is 0 Å². The van der Waals surface area contributed by atoms with Crippen molar-refractivity contribution in [3.63, 3.8) is 0 Å². The zero-order chi connectivity index (χ0) is 14.0. The summed E-state index contributed by atoms with van der Waals surface area (Å²) in [5, 5.41) is 4.28. The first kappa shape index (κ1) is 12.9. The average molecular weight is 292 g/mol. The molecule has 3 saturated carbocycles. The second-order valence-corrected chi connectivity index (χ2v) is 7.52. The number of anilines is 1. The highest BCUT2D eigenvalue weighted by molar-refractivity contribution is 6.30. The minimum absolute atomic E-state index is 0.309. The van der Waals surface area contributed by atoms with E-state index < -0.39 is 0 Å². The van der Waals surface area contributed by atoms with Gasteiger partial charge in [0.15, 0.2) is 0 Å². The van der Waals surface area contributed by atoms with Crippen molar-refractivity contribution in [3.05, 3.63) is 16.5 Å². The van der Waals surface area contributed by atoms with Crippen molar-refractivity contribution in [1.29, 1.82) is 0 Å². The molecule has 1 N–H and O–H groups in total. The van der Waals surface area contributed by atoms with Gasteiger partial charge in [-0.1, -0.05) is 25.4 Å². The first-order valence-electron chi connectivity index (χ1n) is 7.87. The molecule has 4 unspecified atom stereocenters. The molecule has 1 aromatic heterocycles. The molecular formula is C16H22ClN3. The van der Waals surface area contributed by atoms with Gasteiger partial charge in [-0.3, -0.25) is 0 Å². The van der Waals surface area contributed by atoms with Crippen molar-refractivity contribution in [2.75, 3.05) is 5.32 Å². The number of hydrogen-bond donors (Lipinski definition) is 1. The van der Waals surface area contributed by atoms with Crippen LogP contribution in [0.25, 0.3) is 0 Å². The highest BCUT2D eigenvalue weighted by Crippen LogP contribution is 2.66. The van der Waals surface area contributed by atoms with Crippen molar-refractivity contribution in [1.82, 2.24) is 9.97 Å². The summed E-state index contributed by atoms with van der Waals surface area (Å²) in [6.07, 6.45) is 4.38. The van der Waals surface area contributed by atoms with Gasteiger partial charge in [0.1, 0.15) is 16.8 Å². The van der Waals surface area contributed by atoms with E-state index in [9.17, 15) is 0 Å². The SMILES string of the molecule is Cc1c(Cl)nc(C(C)C)nc1NC1C2C3CCC(C3)C12. The van der Waals surface area contributed by atoms with Gasteiger partial charge in [0, 0.05) is 17.5 Å². The predicted octanol–water partition coefficient (Wildman–Crippen LogP) is 4.02. The molecular weight excluding hydrogens is 270 g/mol. The van der Waals surface area contributed by atoms with Gasteiger partial charge in [0.25, 0.3) is 0 Å². The largest absolute Gasteiger partial charge is 0.366 e. The molecule has 4 atom stereocenters. The third-order valence-corrected chi connectivity index (χ3v) is 6.03. The normalized spacial score (nSPS) is 37.4. The number of halogens is 1. The van der Waals surface area contributed by atoms with Crippen LogP contribution < -0.4 is 5.32 Å². The fourth-order valence-electron chi connectivity index (χ4n) is 4.58. The lowest BCUT2D eigenvalue weighted by molar-refractivity contribution is 0.456. The summed E-state index contributed by atoms with van der Waals surface area (Å²) in [6, 6.07) is 0.644. The molecule has 1 aromatic rings.